The second-order valence-corrected chi connectivity index (χ2v) is 5.58. The highest BCUT2D eigenvalue weighted by Crippen LogP contribution is 2.16. The summed E-state index contributed by atoms with van der Waals surface area (Å²) in [4.78, 5) is 0. The summed E-state index contributed by atoms with van der Waals surface area (Å²) >= 11 is 2.06. The topological polar surface area (TPSA) is 12.0 Å². The minimum absolute atomic E-state index is 0. The van der Waals surface area contributed by atoms with Crippen LogP contribution in [0, 0.1) is 0 Å². The van der Waals surface area contributed by atoms with Crippen LogP contribution in [0.25, 0.3) is 0 Å². The van der Waals surface area contributed by atoms with Gasteiger partial charge in [0, 0.05) is 11.8 Å². The third-order valence-corrected chi connectivity index (χ3v) is 4.20. The third-order valence-electron chi connectivity index (χ3n) is 3.13. The maximum absolute atomic E-state index is 3.60. The van der Waals surface area contributed by atoms with Gasteiger partial charge in [0.1, 0.15) is 0 Å². The van der Waals surface area contributed by atoms with Gasteiger partial charge in [0.25, 0.3) is 0 Å². The van der Waals surface area contributed by atoms with E-state index in [1.54, 1.807) is 0 Å². The monoisotopic (exact) mass is 271 g/mol. The number of rotatable bonds is 5. The molecule has 17 heavy (non-hydrogen) atoms. The Kier molecular flexibility index (Phi) is 7.74. The molecule has 1 aromatic carbocycles. The Labute approximate surface area is 115 Å². The number of halogens is 1. The molecule has 2 rings (SSSR count). The summed E-state index contributed by atoms with van der Waals surface area (Å²) in [6.07, 6.45) is 5.50. The molecule has 0 radical (unpaired) electrons. The van der Waals surface area contributed by atoms with Gasteiger partial charge in [-0.3, -0.25) is 0 Å². The molecule has 1 nitrogen and oxygen atoms in total. The van der Waals surface area contributed by atoms with Crippen molar-refractivity contribution in [1.29, 1.82) is 0 Å². The number of piperidine rings is 1. The van der Waals surface area contributed by atoms with Crippen LogP contribution in [0.5, 0.6) is 0 Å². The third kappa shape index (κ3) is 5.80. The predicted molar refractivity (Wildman–Crippen MR) is 80.1 cm³/mol. The first-order valence-electron chi connectivity index (χ1n) is 6.30. The van der Waals surface area contributed by atoms with Gasteiger partial charge in [0.2, 0.25) is 0 Å². The molecule has 1 atom stereocenters. The molecule has 0 bridgehead atoms. The van der Waals surface area contributed by atoms with Crippen molar-refractivity contribution in [1.82, 2.24) is 5.32 Å². The maximum atomic E-state index is 3.60. The minimum Gasteiger partial charge on any atom is -0.314 e. The van der Waals surface area contributed by atoms with E-state index < -0.39 is 0 Å². The molecule has 1 saturated heterocycles. The molecular formula is C14H22ClNS. The van der Waals surface area contributed by atoms with Gasteiger partial charge >= 0.3 is 0 Å². The van der Waals surface area contributed by atoms with Crippen LogP contribution in [-0.2, 0) is 5.75 Å². The number of nitrogens with one attached hydrogen (secondary N) is 1. The van der Waals surface area contributed by atoms with Crippen LogP contribution in [0.1, 0.15) is 31.2 Å². The van der Waals surface area contributed by atoms with Crippen LogP contribution in [0.15, 0.2) is 30.3 Å². The molecule has 0 aliphatic carbocycles. The molecule has 96 valence electrons. The van der Waals surface area contributed by atoms with Gasteiger partial charge in [-0.25, -0.2) is 0 Å². The van der Waals surface area contributed by atoms with Crippen molar-refractivity contribution in [2.45, 2.75) is 37.5 Å². The van der Waals surface area contributed by atoms with Crippen molar-refractivity contribution in [3.63, 3.8) is 0 Å². The summed E-state index contributed by atoms with van der Waals surface area (Å²) in [6.45, 7) is 1.23. The molecular weight excluding hydrogens is 250 g/mol. The Hall–Kier alpha value is -0.180. The van der Waals surface area contributed by atoms with Gasteiger partial charge in [0.05, 0.1) is 0 Å². The highest BCUT2D eigenvalue weighted by molar-refractivity contribution is 7.98. The Morgan fingerprint density at radius 1 is 1.18 bits per heavy atom. The van der Waals surface area contributed by atoms with Crippen molar-refractivity contribution in [3.05, 3.63) is 35.9 Å². The largest absolute Gasteiger partial charge is 0.314 e. The molecule has 0 aromatic heterocycles. The lowest BCUT2D eigenvalue weighted by Gasteiger charge is -2.23. The average Bonchev–Trinajstić information content (AvgIpc) is 2.37. The fourth-order valence-electron chi connectivity index (χ4n) is 2.16. The minimum atomic E-state index is 0. The molecule has 0 amide bonds. The van der Waals surface area contributed by atoms with E-state index in [0.717, 1.165) is 11.8 Å². The fourth-order valence-corrected chi connectivity index (χ4v) is 3.18. The molecule has 1 aliphatic rings. The van der Waals surface area contributed by atoms with E-state index in [4.69, 9.17) is 0 Å². The van der Waals surface area contributed by atoms with Crippen LogP contribution in [-0.4, -0.2) is 18.3 Å². The molecule has 1 aromatic rings. The van der Waals surface area contributed by atoms with Gasteiger partial charge in [0.15, 0.2) is 0 Å². The molecule has 1 aliphatic heterocycles. The van der Waals surface area contributed by atoms with Crippen molar-refractivity contribution < 1.29 is 0 Å². The zero-order chi connectivity index (χ0) is 11.1. The molecule has 0 saturated carbocycles. The molecule has 1 N–H and O–H groups in total. The Morgan fingerprint density at radius 3 is 2.71 bits per heavy atom. The summed E-state index contributed by atoms with van der Waals surface area (Å²) in [6, 6.07) is 11.5. The van der Waals surface area contributed by atoms with Crippen LogP contribution >= 0.6 is 24.2 Å². The Morgan fingerprint density at radius 2 is 2.00 bits per heavy atom. The van der Waals surface area contributed by atoms with Crippen LogP contribution in [0.3, 0.4) is 0 Å². The van der Waals surface area contributed by atoms with E-state index in [1.165, 1.54) is 43.5 Å². The standard InChI is InChI=1S/C14H21NS.ClH/c1-2-6-13(7-3-1)12-16-11-9-14-8-4-5-10-15-14;/h1-3,6-7,14-15H,4-5,8-12H2;1H. The van der Waals surface area contributed by atoms with Crippen LogP contribution in [0.4, 0.5) is 0 Å². The van der Waals surface area contributed by atoms with E-state index in [0.29, 0.717) is 0 Å². The van der Waals surface area contributed by atoms with Crippen molar-refractivity contribution >= 4 is 24.2 Å². The van der Waals surface area contributed by atoms with Crippen molar-refractivity contribution in [2.24, 2.45) is 0 Å². The zero-order valence-electron chi connectivity index (χ0n) is 10.2. The normalized spacial score (nSPS) is 19.6. The lowest BCUT2D eigenvalue weighted by molar-refractivity contribution is 0.395. The van der Waals surface area contributed by atoms with Crippen molar-refractivity contribution in [2.75, 3.05) is 12.3 Å². The summed E-state index contributed by atoms with van der Waals surface area (Å²) in [7, 11) is 0. The first-order valence-corrected chi connectivity index (χ1v) is 7.46. The van der Waals surface area contributed by atoms with Gasteiger partial charge in [-0.05, 0) is 37.1 Å². The number of hydrogen-bond donors (Lipinski definition) is 1. The number of hydrogen-bond acceptors (Lipinski definition) is 2. The highest BCUT2D eigenvalue weighted by Gasteiger charge is 2.11. The molecule has 1 heterocycles. The SMILES string of the molecule is Cl.c1ccc(CSCCC2CCCCN2)cc1. The molecule has 3 heteroatoms. The van der Waals surface area contributed by atoms with Gasteiger partial charge in [-0.15, -0.1) is 12.4 Å². The second-order valence-electron chi connectivity index (χ2n) is 4.47. The quantitative estimate of drug-likeness (QED) is 0.816. The maximum Gasteiger partial charge on any atom is 0.0184 e. The second kappa shape index (κ2) is 8.84. The van der Waals surface area contributed by atoms with E-state index in [2.05, 4.69) is 47.4 Å². The first-order chi connectivity index (χ1) is 7.95. The van der Waals surface area contributed by atoms with E-state index in [1.807, 2.05) is 0 Å². The predicted octanol–water partition coefficient (Wildman–Crippen LogP) is 3.87. The summed E-state index contributed by atoms with van der Waals surface area (Å²) in [5, 5.41) is 3.60. The smallest absolute Gasteiger partial charge is 0.0184 e. The van der Waals surface area contributed by atoms with Gasteiger partial charge < -0.3 is 5.32 Å². The molecule has 1 fully saturated rings. The van der Waals surface area contributed by atoms with Crippen LogP contribution < -0.4 is 5.32 Å². The summed E-state index contributed by atoms with van der Waals surface area (Å²) in [5.74, 6) is 2.44. The summed E-state index contributed by atoms with van der Waals surface area (Å²) < 4.78 is 0. The number of benzene rings is 1. The first kappa shape index (κ1) is 14.9. The number of thioether (sulfide) groups is 1. The van der Waals surface area contributed by atoms with E-state index in [9.17, 15) is 0 Å². The van der Waals surface area contributed by atoms with E-state index >= 15 is 0 Å². The van der Waals surface area contributed by atoms with E-state index in [-0.39, 0.29) is 12.4 Å². The fraction of sp³-hybridized carbons (Fsp3) is 0.571. The zero-order valence-corrected chi connectivity index (χ0v) is 11.9. The Bertz CT molecular complexity index is 286. The Balaban J connectivity index is 0.00000144. The molecule has 1 unspecified atom stereocenters. The van der Waals surface area contributed by atoms with Crippen molar-refractivity contribution in [3.8, 4) is 0 Å². The van der Waals surface area contributed by atoms with Gasteiger partial charge in [-0.1, -0.05) is 36.8 Å². The van der Waals surface area contributed by atoms with Crippen LogP contribution in [0.2, 0.25) is 0 Å². The lowest BCUT2D eigenvalue weighted by atomic mass is 10.0. The average molecular weight is 272 g/mol. The highest BCUT2D eigenvalue weighted by atomic mass is 35.5. The van der Waals surface area contributed by atoms with Gasteiger partial charge in [-0.2, -0.15) is 11.8 Å². The molecule has 0 spiro atoms. The lowest BCUT2D eigenvalue weighted by Crippen LogP contribution is -2.34. The summed E-state index contributed by atoms with van der Waals surface area (Å²) in [5.41, 5.74) is 1.45.